The minimum atomic E-state index is -1.99. The molecule has 3 rings (SSSR count). The summed E-state index contributed by atoms with van der Waals surface area (Å²) < 4.78 is 34.4. The fourth-order valence-electron chi connectivity index (χ4n) is 12.7. The van der Waals surface area contributed by atoms with Gasteiger partial charge < -0.3 is 89.9 Å². The number of aliphatic hydroxyl groups excluding tert-OH is 11. The number of amides is 1. The molecule has 0 spiro atoms. The van der Waals surface area contributed by atoms with Crippen molar-refractivity contribution in [2.75, 3.05) is 26.4 Å². The number of hydrogen-bond donors (Lipinski definition) is 12. The first-order chi connectivity index (χ1) is 50.8. The Kier molecular flexibility index (Phi) is 57.8. The van der Waals surface area contributed by atoms with Crippen molar-refractivity contribution in [3.05, 3.63) is 134 Å². The molecule has 12 N–H and O–H groups in total. The topological polar surface area (TPSA) is 307 Å². The van der Waals surface area contributed by atoms with Gasteiger partial charge in [-0.1, -0.05) is 282 Å². The zero-order chi connectivity index (χ0) is 75.3. The van der Waals surface area contributed by atoms with E-state index in [0.717, 1.165) is 109 Å². The molecule has 0 radical (unpaired) electrons. The second-order valence-corrected chi connectivity index (χ2v) is 28.1. The molecule has 3 fully saturated rings. The van der Waals surface area contributed by atoms with Crippen molar-refractivity contribution in [3.8, 4) is 0 Å². The van der Waals surface area contributed by atoms with E-state index < -0.39 is 124 Å². The summed E-state index contributed by atoms with van der Waals surface area (Å²) in [5, 5.41) is 121. The molecule has 19 nitrogen and oxygen atoms in total. The lowest BCUT2D eigenvalue weighted by Gasteiger charge is -2.48. The smallest absolute Gasteiger partial charge is 0.220 e. The van der Waals surface area contributed by atoms with E-state index in [1.807, 2.05) is 6.08 Å². The Balaban J connectivity index is 1.39. The lowest BCUT2D eigenvalue weighted by atomic mass is 9.96. The van der Waals surface area contributed by atoms with E-state index in [1.165, 1.54) is 122 Å². The van der Waals surface area contributed by atoms with Crippen LogP contribution < -0.4 is 5.32 Å². The van der Waals surface area contributed by atoms with Gasteiger partial charge in [0.2, 0.25) is 5.91 Å². The molecule has 19 heteroatoms. The lowest BCUT2D eigenvalue weighted by molar-refractivity contribution is -0.379. The summed E-state index contributed by atoms with van der Waals surface area (Å²) in [5.41, 5.74) is 0. The molecule has 596 valence electrons. The van der Waals surface area contributed by atoms with Gasteiger partial charge in [0.15, 0.2) is 18.9 Å². The second-order valence-electron chi connectivity index (χ2n) is 28.1. The van der Waals surface area contributed by atoms with Gasteiger partial charge in [0.25, 0.3) is 0 Å². The summed E-state index contributed by atoms with van der Waals surface area (Å²) in [5.74, 6) is -0.298. The van der Waals surface area contributed by atoms with Gasteiger partial charge in [-0.15, -0.1) is 0 Å². The Hall–Kier alpha value is -4.07. The van der Waals surface area contributed by atoms with Gasteiger partial charge in [0.05, 0.1) is 38.6 Å². The van der Waals surface area contributed by atoms with Crippen LogP contribution in [0.2, 0.25) is 0 Å². The average Bonchev–Trinajstić information content (AvgIpc) is 0.783. The maximum Gasteiger partial charge on any atom is 0.220 e. The van der Waals surface area contributed by atoms with Gasteiger partial charge in [0.1, 0.15) is 73.2 Å². The van der Waals surface area contributed by atoms with Crippen molar-refractivity contribution in [2.45, 2.75) is 369 Å². The summed E-state index contributed by atoms with van der Waals surface area (Å²) >= 11 is 0. The predicted octanol–water partition coefficient (Wildman–Crippen LogP) is 13.7. The molecule has 3 aliphatic heterocycles. The van der Waals surface area contributed by atoms with Gasteiger partial charge >= 0.3 is 0 Å². The number of allylic oxidation sites excluding steroid dienone is 21. The molecular formula is C85H143NO18. The monoisotopic (exact) mass is 1470 g/mol. The van der Waals surface area contributed by atoms with Crippen LogP contribution in [0.15, 0.2) is 134 Å². The van der Waals surface area contributed by atoms with Crippen molar-refractivity contribution in [1.82, 2.24) is 5.32 Å². The summed E-state index contributed by atoms with van der Waals surface area (Å²) in [6.45, 7) is 1.60. The Morgan fingerprint density at radius 3 is 1.08 bits per heavy atom. The Morgan fingerprint density at radius 2 is 0.673 bits per heavy atom. The van der Waals surface area contributed by atoms with E-state index in [0.29, 0.717) is 12.8 Å². The first kappa shape index (κ1) is 94.1. The van der Waals surface area contributed by atoms with Crippen molar-refractivity contribution in [1.29, 1.82) is 0 Å². The van der Waals surface area contributed by atoms with Crippen LogP contribution in [0.25, 0.3) is 0 Å². The molecule has 3 heterocycles. The molecule has 1 amide bonds. The molecule has 0 aromatic carbocycles. The van der Waals surface area contributed by atoms with E-state index in [9.17, 15) is 61.0 Å². The molecule has 17 atom stereocenters. The summed E-state index contributed by atoms with van der Waals surface area (Å²) in [6.07, 6.45) is 64.3. The van der Waals surface area contributed by atoms with Crippen LogP contribution in [-0.4, -0.2) is 193 Å². The third-order valence-electron chi connectivity index (χ3n) is 19.2. The maximum atomic E-state index is 13.5. The lowest BCUT2D eigenvalue weighted by Crippen LogP contribution is -2.66. The fraction of sp³-hybridized carbons (Fsp3) is 0.729. The van der Waals surface area contributed by atoms with Gasteiger partial charge in [-0.3, -0.25) is 4.79 Å². The van der Waals surface area contributed by atoms with Gasteiger partial charge in [0, 0.05) is 6.42 Å². The third kappa shape index (κ3) is 43.2. The van der Waals surface area contributed by atoms with Crippen LogP contribution in [0.4, 0.5) is 0 Å². The highest BCUT2D eigenvalue weighted by Crippen LogP contribution is 2.33. The minimum absolute atomic E-state index is 0.218. The number of aliphatic hydroxyl groups is 11. The number of rotatable bonds is 62. The standard InChI is InChI=1S/C85H143NO18/c1-3-5-7-9-11-13-15-17-19-21-23-25-27-29-30-31-32-33-34-35-36-37-38-39-41-43-45-47-49-51-53-55-57-59-61-63-73(91)86-68(69(90)62-60-58-56-54-52-50-48-46-44-42-40-28-26-24-22-20-18-16-14-12-10-8-6-4-2)67-99-83-79(97)76(94)81(71(65-88)101-83)104-85-80(98)77(95)82(72(66-89)102-85)103-84-78(96)75(93)74(92)70(64-87)100-84/h5,7,11,13,17,19,23,25,29-30,32-33,35-36,38-39,44,46,52,54,60,62,68-72,74-85,87-90,92-98H,3-4,6,8-10,12,14-16,18,20-22,24,26-28,31,34,37,40-43,45,47-51,53,55-59,61,63-67H2,1-2H3,(H,86,91)/b7-5-,13-11-,19-17-,25-23-,30-29-,33-32-,36-35-,39-38-,46-44+,54-52+,62-60+. The van der Waals surface area contributed by atoms with E-state index >= 15 is 0 Å². The van der Waals surface area contributed by atoms with Crippen LogP contribution >= 0.6 is 0 Å². The largest absolute Gasteiger partial charge is 0.394 e. The molecular weight excluding hydrogens is 1320 g/mol. The summed E-state index contributed by atoms with van der Waals surface area (Å²) in [7, 11) is 0. The molecule has 0 aromatic heterocycles. The normalized spacial score (nSPS) is 26.6. The predicted molar refractivity (Wildman–Crippen MR) is 415 cm³/mol. The fourth-order valence-corrected chi connectivity index (χ4v) is 12.7. The van der Waals surface area contributed by atoms with Crippen LogP contribution in [0.5, 0.6) is 0 Å². The average molecular weight is 1470 g/mol. The third-order valence-corrected chi connectivity index (χ3v) is 19.2. The zero-order valence-corrected chi connectivity index (χ0v) is 63.7. The highest BCUT2D eigenvalue weighted by atomic mass is 16.8. The highest BCUT2D eigenvalue weighted by molar-refractivity contribution is 5.76. The van der Waals surface area contributed by atoms with Crippen LogP contribution in [0, 0.1) is 0 Å². The number of hydrogen-bond acceptors (Lipinski definition) is 18. The first-order valence-electron chi connectivity index (χ1n) is 40.4. The van der Waals surface area contributed by atoms with Crippen molar-refractivity contribution < 1.29 is 89.4 Å². The highest BCUT2D eigenvalue weighted by Gasteiger charge is 2.54. The number of ether oxygens (including phenoxy) is 6. The van der Waals surface area contributed by atoms with Crippen molar-refractivity contribution in [3.63, 3.8) is 0 Å². The Morgan fingerprint density at radius 1 is 0.356 bits per heavy atom. The van der Waals surface area contributed by atoms with E-state index in [4.69, 9.17) is 28.4 Å². The van der Waals surface area contributed by atoms with Crippen molar-refractivity contribution >= 4 is 5.91 Å². The molecule has 3 saturated heterocycles. The number of nitrogens with one attached hydrogen (secondary N) is 1. The molecule has 17 unspecified atom stereocenters. The molecule has 0 saturated carbocycles. The number of carbonyl (C=O) groups excluding carboxylic acids is 1. The van der Waals surface area contributed by atoms with E-state index in [1.54, 1.807) is 6.08 Å². The molecule has 0 bridgehead atoms. The van der Waals surface area contributed by atoms with Crippen molar-refractivity contribution in [2.24, 2.45) is 0 Å². The minimum Gasteiger partial charge on any atom is -0.394 e. The van der Waals surface area contributed by atoms with Crippen LogP contribution in [0.3, 0.4) is 0 Å². The Labute approximate surface area is 626 Å². The maximum absolute atomic E-state index is 13.5. The zero-order valence-electron chi connectivity index (χ0n) is 63.7. The van der Waals surface area contributed by atoms with Gasteiger partial charge in [-0.2, -0.15) is 0 Å². The van der Waals surface area contributed by atoms with Crippen LogP contribution in [0.1, 0.15) is 264 Å². The summed E-state index contributed by atoms with van der Waals surface area (Å²) in [4.78, 5) is 13.5. The second kappa shape index (κ2) is 63.8. The van der Waals surface area contributed by atoms with Gasteiger partial charge in [-0.25, -0.2) is 0 Å². The van der Waals surface area contributed by atoms with Crippen LogP contribution in [-0.2, 0) is 33.2 Å². The first-order valence-corrected chi connectivity index (χ1v) is 40.4. The van der Waals surface area contributed by atoms with Gasteiger partial charge in [-0.05, 0) is 109 Å². The van der Waals surface area contributed by atoms with E-state index in [2.05, 4.69) is 141 Å². The number of carbonyl (C=O) groups is 1. The molecule has 0 aromatic rings. The summed E-state index contributed by atoms with van der Waals surface area (Å²) in [6, 6.07) is -1.01. The quantitative estimate of drug-likeness (QED) is 0.0199. The SMILES string of the molecule is CC/C=C\C/C=C\C/C=C\C/C=C\C/C=C\C/C=C\C/C=C\C/C=C\CCCCCCCCCCCCC(=O)NC(COC1OC(CO)C(OC2OC(CO)C(OC3OC(CO)C(O)C(O)C3O)C(O)C2O)C(O)C1O)C(O)/C=C/CC/C=C/CC/C=C/CCCCCCCCCCCCCCCC. The number of unbranched alkanes of at least 4 members (excludes halogenated alkanes) is 26. The molecule has 104 heavy (non-hydrogen) atoms. The molecule has 0 aliphatic carbocycles. The van der Waals surface area contributed by atoms with E-state index in [-0.39, 0.29) is 18.9 Å². The Bertz CT molecular complexity index is 2400. The molecule has 3 aliphatic rings.